The van der Waals surface area contributed by atoms with Crippen LogP contribution in [0.25, 0.3) is 0 Å². The van der Waals surface area contributed by atoms with Gasteiger partial charge in [-0.25, -0.2) is 0 Å². The molecule has 0 fully saturated rings. The zero-order valence-electron chi connectivity index (χ0n) is 11.0. The predicted molar refractivity (Wildman–Crippen MR) is 74.2 cm³/mol. The van der Waals surface area contributed by atoms with Crippen LogP contribution in [0.2, 0.25) is 0 Å². The molecular formula is C15H14N2O3. The number of nitrogens with one attached hydrogen (secondary N) is 1. The average molecular weight is 270 g/mol. The Morgan fingerprint density at radius 3 is 3.00 bits per heavy atom. The third kappa shape index (κ3) is 3.25. The molecule has 0 radical (unpaired) electrons. The zero-order valence-corrected chi connectivity index (χ0v) is 11.0. The lowest BCUT2D eigenvalue weighted by Crippen LogP contribution is -2.14. The van der Waals surface area contributed by atoms with E-state index in [0.717, 1.165) is 11.1 Å². The molecule has 1 aromatic carbocycles. The first-order valence-electron chi connectivity index (χ1n) is 6.13. The van der Waals surface area contributed by atoms with E-state index in [2.05, 4.69) is 26.8 Å². The van der Waals surface area contributed by atoms with E-state index in [0.29, 0.717) is 17.8 Å². The van der Waals surface area contributed by atoms with Gasteiger partial charge in [0.1, 0.15) is 6.26 Å². The van der Waals surface area contributed by atoms with Crippen molar-refractivity contribution in [1.82, 2.24) is 5.16 Å². The molecular weight excluding hydrogens is 256 g/mol. The number of carbonyl (C=O) groups excluding carboxylic acids is 1. The third-order valence-electron chi connectivity index (χ3n) is 2.72. The number of rotatable bonds is 3. The molecule has 0 spiro atoms. The molecule has 0 aliphatic rings. The van der Waals surface area contributed by atoms with Crippen LogP contribution in [-0.2, 0) is 0 Å². The summed E-state index contributed by atoms with van der Waals surface area (Å²) in [6.07, 6.45) is 1.80. The summed E-state index contributed by atoms with van der Waals surface area (Å²) in [4.78, 5) is 12.1. The smallest absolute Gasteiger partial charge is 0.257 e. The van der Waals surface area contributed by atoms with Crippen LogP contribution in [0.15, 0.2) is 35.1 Å². The lowest BCUT2D eigenvalue weighted by Gasteiger charge is -2.06. The van der Waals surface area contributed by atoms with E-state index < -0.39 is 0 Å². The summed E-state index contributed by atoms with van der Waals surface area (Å²) in [5, 5.41) is 15.0. The summed E-state index contributed by atoms with van der Waals surface area (Å²) in [5.41, 5.74) is 2.09. The van der Waals surface area contributed by atoms with Crippen molar-refractivity contribution >= 4 is 11.7 Å². The highest BCUT2D eigenvalue weighted by atomic mass is 16.5. The van der Waals surface area contributed by atoms with E-state index in [9.17, 15) is 4.79 Å². The lowest BCUT2D eigenvalue weighted by molar-refractivity contribution is 0.102. The molecule has 5 heteroatoms. The molecule has 0 aliphatic carbocycles. The normalized spacial score (nSPS) is 9.70. The van der Waals surface area contributed by atoms with Crippen LogP contribution >= 0.6 is 0 Å². The fourth-order valence-corrected chi connectivity index (χ4v) is 1.69. The van der Waals surface area contributed by atoms with E-state index in [4.69, 9.17) is 5.11 Å². The van der Waals surface area contributed by atoms with Crippen LogP contribution in [0.3, 0.4) is 0 Å². The second-order valence-electron chi connectivity index (χ2n) is 4.09. The van der Waals surface area contributed by atoms with Crippen molar-refractivity contribution < 1.29 is 14.4 Å². The Morgan fingerprint density at radius 1 is 1.45 bits per heavy atom. The summed E-state index contributed by atoms with van der Waals surface area (Å²) in [5.74, 6) is 5.89. The van der Waals surface area contributed by atoms with Crippen molar-refractivity contribution in [2.24, 2.45) is 0 Å². The first-order chi connectivity index (χ1) is 9.72. The Balaban J connectivity index is 2.22. The number of anilines is 1. The number of amides is 1. The number of carbonyl (C=O) groups is 1. The molecule has 1 aromatic heterocycles. The van der Waals surface area contributed by atoms with Crippen molar-refractivity contribution in [2.75, 3.05) is 11.9 Å². The van der Waals surface area contributed by atoms with Crippen LogP contribution in [0.5, 0.6) is 0 Å². The SMILES string of the molecule is Cc1c(C#CCCO)cccc1C(=O)Nc1ccon1. The van der Waals surface area contributed by atoms with Crippen molar-refractivity contribution in [3.05, 3.63) is 47.2 Å². The van der Waals surface area contributed by atoms with Gasteiger partial charge in [0.05, 0.1) is 6.61 Å². The van der Waals surface area contributed by atoms with Gasteiger partial charge in [-0.3, -0.25) is 4.79 Å². The fourth-order valence-electron chi connectivity index (χ4n) is 1.69. The molecule has 0 unspecified atom stereocenters. The van der Waals surface area contributed by atoms with Crippen LogP contribution < -0.4 is 5.32 Å². The van der Waals surface area contributed by atoms with Crippen LogP contribution in [0, 0.1) is 18.8 Å². The highest BCUT2D eigenvalue weighted by molar-refractivity contribution is 6.05. The Bertz CT molecular complexity index is 651. The molecule has 1 heterocycles. The molecule has 0 atom stereocenters. The minimum Gasteiger partial charge on any atom is -0.395 e. The van der Waals surface area contributed by atoms with Gasteiger partial charge in [0.2, 0.25) is 0 Å². The minimum atomic E-state index is -0.262. The molecule has 102 valence electrons. The van der Waals surface area contributed by atoms with E-state index in [1.807, 2.05) is 13.0 Å². The van der Waals surface area contributed by atoms with E-state index in [1.54, 1.807) is 18.2 Å². The first kappa shape index (κ1) is 13.8. The van der Waals surface area contributed by atoms with E-state index in [-0.39, 0.29) is 12.5 Å². The molecule has 0 aliphatic heterocycles. The maximum atomic E-state index is 12.1. The first-order valence-corrected chi connectivity index (χ1v) is 6.13. The van der Waals surface area contributed by atoms with Gasteiger partial charge in [-0.15, -0.1) is 0 Å². The van der Waals surface area contributed by atoms with Gasteiger partial charge in [0.25, 0.3) is 5.91 Å². The number of nitrogens with zero attached hydrogens (tertiary/aromatic N) is 1. The average Bonchev–Trinajstić information content (AvgIpc) is 2.93. The summed E-state index contributed by atoms with van der Waals surface area (Å²) in [6.45, 7) is 1.86. The third-order valence-corrected chi connectivity index (χ3v) is 2.72. The summed E-state index contributed by atoms with van der Waals surface area (Å²) in [7, 11) is 0. The number of hydrogen-bond acceptors (Lipinski definition) is 4. The minimum absolute atomic E-state index is 0.0262. The summed E-state index contributed by atoms with van der Waals surface area (Å²) >= 11 is 0. The Labute approximate surface area is 116 Å². The Hall–Kier alpha value is -2.58. The molecule has 1 amide bonds. The molecule has 2 rings (SSSR count). The van der Waals surface area contributed by atoms with Crippen LogP contribution in [0.1, 0.15) is 27.9 Å². The highest BCUT2D eigenvalue weighted by Gasteiger charge is 2.12. The number of aromatic nitrogens is 1. The maximum Gasteiger partial charge on any atom is 0.257 e. The number of aliphatic hydroxyl groups is 1. The van der Waals surface area contributed by atoms with E-state index >= 15 is 0 Å². The van der Waals surface area contributed by atoms with Gasteiger partial charge < -0.3 is 14.9 Å². The van der Waals surface area contributed by atoms with Crippen molar-refractivity contribution in [3.8, 4) is 11.8 Å². The largest absolute Gasteiger partial charge is 0.395 e. The molecule has 5 nitrogen and oxygen atoms in total. The second-order valence-corrected chi connectivity index (χ2v) is 4.09. The molecule has 0 saturated carbocycles. The van der Waals surface area contributed by atoms with Gasteiger partial charge in [0, 0.05) is 23.6 Å². The molecule has 0 bridgehead atoms. The molecule has 0 saturated heterocycles. The van der Waals surface area contributed by atoms with Crippen LogP contribution in [0.4, 0.5) is 5.82 Å². The van der Waals surface area contributed by atoms with Gasteiger partial charge in [-0.1, -0.05) is 23.1 Å². The topological polar surface area (TPSA) is 75.4 Å². The van der Waals surface area contributed by atoms with Crippen molar-refractivity contribution in [2.45, 2.75) is 13.3 Å². The molecule has 2 aromatic rings. The number of benzene rings is 1. The van der Waals surface area contributed by atoms with Gasteiger partial charge in [-0.05, 0) is 24.6 Å². The quantitative estimate of drug-likeness (QED) is 0.836. The standard InChI is InChI=1S/C15H14N2O3/c1-11-12(5-2-3-9-18)6-4-7-13(11)15(19)16-14-8-10-20-17-14/h4,6-8,10,18H,3,9H2,1H3,(H,16,17,19). The second kappa shape index (κ2) is 6.55. The Kier molecular flexibility index (Phi) is 4.53. The van der Waals surface area contributed by atoms with Crippen molar-refractivity contribution in [3.63, 3.8) is 0 Å². The highest BCUT2D eigenvalue weighted by Crippen LogP contribution is 2.15. The Morgan fingerprint density at radius 2 is 2.30 bits per heavy atom. The summed E-state index contributed by atoms with van der Waals surface area (Å²) in [6, 6.07) is 6.90. The van der Waals surface area contributed by atoms with Gasteiger partial charge in [0.15, 0.2) is 5.82 Å². The molecule has 2 N–H and O–H groups in total. The van der Waals surface area contributed by atoms with Crippen molar-refractivity contribution in [1.29, 1.82) is 0 Å². The van der Waals surface area contributed by atoms with Gasteiger partial charge in [-0.2, -0.15) is 0 Å². The van der Waals surface area contributed by atoms with E-state index in [1.165, 1.54) is 6.26 Å². The monoisotopic (exact) mass is 270 g/mol. The molecule has 20 heavy (non-hydrogen) atoms. The number of aliphatic hydroxyl groups excluding tert-OH is 1. The maximum absolute atomic E-state index is 12.1. The van der Waals surface area contributed by atoms with Gasteiger partial charge >= 0.3 is 0 Å². The zero-order chi connectivity index (χ0) is 14.4. The van der Waals surface area contributed by atoms with Crippen LogP contribution in [-0.4, -0.2) is 22.8 Å². The lowest BCUT2D eigenvalue weighted by atomic mass is 10.0. The summed E-state index contributed by atoms with van der Waals surface area (Å²) < 4.78 is 4.66. The number of hydrogen-bond donors (Lipinski definition) is 2. The predicted octanol–water partition coefficient (Wildman–Crippen LogP) is 1.97. The fraction of sp³-hybridized carbons (Fsp3) is 0.200.